The van der Waals surface area contributed by atoms with Crippen LogP contribution in [0.5, 0.6) is 0 Å². The van der Waals surface area contributed by atoms with Gasteiger partial charge in [-0.2, -0.15) is 13.2 Å². The van der Waals surface area contributed by atoms with Crippen molar-refractivity contribution in [3.8, 4) is 0 Å². The Morgan fingerprint density at radius 2 is 2.25 bits per heavy atom. The molecule has 0 aliphatic heterocycles. The molecule has 0 aliphatic carbocycles. The third kappa shape index (κ3) is 5.43. The quantitative estimate of drug-likeness (QED) is 0.846. The first-order valence-electron chi connectivity index (χ1n) is 4.79. The minimum Gasteiger partial charge on any atom is -0.365 e. The van der Waals surface area contributed by atoms with Crippen LogP contribution in [0.3, 0.4) is 0 Å². The van der Waals surface area contributed by atoms with Gasteiger partial charge in [-0.3, -0.25) is 0 Å². The highest BCUT2D eigenvalue weighted by Gasteiger charge is 2.27. The maximum absolute atomic E-state index is 11.8. The molecule has 0 atom stereocenters. The van der Waals surface area contributed by atoms with Crippen molar-refractivity contribution in [2.75, 3.05) is 13.2 Å². The summed E-state index contributed by atoms with van der Waals surface area (Å²) < 4.78 is 39.8. The van der Waals surface area contributed by atoms with Crippen LogP contribution in [0.25, 0.3) is 0 Å². The minimum atomic E-state index is -4.27. The SMILES string of the molecule is CCNCc1csc(COCC(F)(F)F)n1. The van der Waals surface area contributed by atoms with E-state index in [2.05, 4.69) is 15.0 Å². The van der Waals surface area contributed by atoms with Crippen LogP contribution >= 0.6 is 11.3 Å². The number of nitrogens with zero attached hydrogens (tertiary/aromatic N) is 1. The van der Waals surface area contributed by atoms with Gasteiger partial charge in [0.2, 0.25) is 0 Å². The highest BCUT2D eigenvalue weighted by atomic mass is 32.1. The van der Waals surface area contributed by atoms with E-state index in [4.69, 9.17) is 0 Å². The van der Waals surface area contributed by atoms with Crippen LogP contribution in [-0.4, -0.2) is 24.3 Å². The molecule has 0 bridgehead atoms. The van der Waals surface area contributed by atoms with Gasteiger partial charge in [0.1, 0.15) is 11.6 Å². The van der Waals surface area contributed by atoms with Crippen molar-refractivity contribution >= 4 is 11.3 Å². The molecular weight excluding hydrogens is 241 g/mol. The second kappa shape index (κ2) is 6.17. The average Bonchev–Trinajstić information content (AvgIpc) is 2.61. The van der Waals surface area contributed by atoms with Crippen LogP contribution in [0.4, 0.5) is 13.2 Å². The van der Waals surface area contributed by atoms with Gasteiger partial charge < -0.3 is 10.1 Å². The van der Waals surface area contributed by atoms with Crippen LogP contribution in [0, 0.1) is 0 Å². The highest BCUT2D eigenvalue weighted by molar-refractivity contribution is 7.09. The summed E-state index contributed by atoms with van der Waals surface area (Å²) >= 11 is 1.31. The summed E-state index contributed by atoms with van der Waals surface area (Å²) in [4.78, 5) is 4.13. The Morgan fingerprint density at radius 3 is 2.88 bits per heavy atom. The number of nitrogens with one attached hydrogen (secondary N) is 1. The monoisotopic (exact) mass is 254 g/mol. The Hall–Kier alpha value is -0.660. The van der Waals surface area contributed by atoms with E-state index in [9.17, 15) is 13.2 Å². The smallest absolute Gasteiger partial charge is 0.365 e. The Kier molecular flexibility index (Phi) is 5.17. The Labute approximate surface area is 95.6 Å². The predicted octanol–water partition coefficient (Wildman–Crippen LogP) is 2.33. The molecule has 16 heavy (non-hydrogen) atoms. The fourth-order valence-corrected chi connectivity index (χ4v) is 1.73. The first kappa shape index (κ1) is 13.4. The van der Waals surface area contributed by atoms with E-state index in [1.54, 1.807) is 0 Å². The van der Waals surface area contributed by atoms with Gasteiger partial charge in [0.25, 0.3) is 0 Å². The number of alkyl halides is 3. The molecule has 0 radical (unpaired) electrons. The normalized spacial score (nSPS) is 12.0. The van der Waals surface area contributed by atoms with Crippen LogP contribution in [0.1, 0.15) is 17.6 Å². The van der Waals surface area contributed by atoms with E-state index >= 15 is 0 Å². The molecule has 0 fully saturated rings. The van der Waals surface area contributed by atoms with Gasteiger partial charge in [-0.15, -0.1) is 11.3 Å². The topological polar surface area (TPSA) is 34.1 Å². The maximum Gasteiger partial charge on any atom is 0.411 e. The molecule has 1 rings (SSSR count). The number of thiazole rings is 1. The molecule has 7 heteroatoms. The lowest BCUT2D eigenvalue weighted by atomic mass is 10.5. The summed E-state index contributed by atoms with van der Waals surface area (Å²) in [6.45, 7) is 2.12. The van der Waals surface area contributed by atoms with E-state index in [-0.39, 0.29) is 6.61 Å². The Bertz CT molecular complexity index is 314. The van der Waals surface area contributed by atoms with Gasteiger partial charge in [-0.25, -0.2) is 4.98 Å². The third-order valence-corrected chi connectivity index (χ3v) is 2.52. The van der Waals surface area contributed by atoms with Crippen molar-refractivity contribution in [2.24, 2.45) is 0 Å². The van der Waals surface area contributed by atoms with E-state index in [1.165, 1.54) is 11.3 Å². The van der Waals surface area contributed by atoms with E-state index in [1.807, 2.05) is 12.3 Å². The zero-order chi connectivity index (χ0) is 12.0. The number of aromatic nitrogens is 1. The maximum atomic E-state index is 11.8. The van der Waals surface area contributed by atoms with Crippen molar-refractivity contribution in [1.29, 1.82) is 0 Å². The molecule has 1 aromatic heterocycles. The Balaban J connectivity index is 2.29. The fraction of sp³-hybridized carbons (Fsp3) is 0.667. The largest absolute Gasteiger partial charge is 0.411 e. The predicted molar refractivity (Wildman–Crippen MR) is 55.2 cm³/mol. The Morgan fingerprint density at radius 1 is 1.50 bits per heavy atom. The first-order chi connectivity index (χ1) is 7.51. The second-order valence-electron chi connectivity index (χ2n) is 3.12. The van der Waals surface area contributed by atoms with Gasteiger partial charge in [0.05, 0.1) is 12.3 Å². The molecule has 1 N–H and O–H groups in total. The summed E-state index contributed by atoms with van der Waals surface area (Å²) in [6.07, 6.45) is -4.27. The highest BCUT2D eigenvalue weighted by Crippen LogP contribution is 2.16. The van der Waals surface area contributed by atoms with Crippen molar-refractivity contribution in [3.05, 3.63) is 16.1 Å². The van der Waals surface area contributed by atoms with Crippen molar-refractivity contribution in [3.63, 3.8) is 0 Å². The standard InChI is InChI=1S/C9H13F3N2OS/c1-2-13-3-7-5-16-8(14-7)4-15-6-9(10,11)12/h5,13H,2-4,6H2,1H3. The molecule has 0 spiro atoms. The van der Waals surface area contributed by atoms with Crippen LogP contribution < -0.4 is 5.32 Å². The lowest BCUT2D eigenvalue weighted by Crippen LogP contribution is -2.16. The van der Waals surface area contributed by atoms with Crippen molar-refractivity contribution in [1.82, 2.24) is 10.3 Å². The third-order valence-electron chi connectivity index (χ3n) is 1.65. The molecule has 0 aromatic carbocycles. The summed E-state index contributed by atoms with van der Waals surface area (Å²) in [5.41, 5.74) is 0.831. The van der Waals surface area contributed by atoms with E-state index in [0.717, 1.165) is 12.2 Å². The molecule has 0 saturated carbocycles. The van der Waals surface area contributed by atoms with Crippen molar-refractivity contribution in [2.45, 2.75) is 26.3 Å². The van der Waals surface area contributed by atoms with Gasteiger partial charge in [0.15, 0.2) is 0 Å². The summed E-state index contributed by atoms with van der Waals surface area (Å²) in [7, 11) is 0. The summed E-state index contributed by atoms with van der Waals surface area (Å²) in [6, 6.07) is 0. The summed E-state index contributed by atoms with van der Waals surface area (Å²) in [5, 5.41) is 5.46. The molecule has 0 aliphatic rings. The molecule has 0 saturated heterocycles. The number of hydrogen-bond donors (Lipinski definition) is 1. The lowest BCUT2D eigenvalue weighted by molar-refractivity contribution is -0.176. The molecule has 0 amide bonds. The zero-order valence-electron chi connectivity index (χ0n) is 8.80. The lowest BCUT2D eigenvalue weighted by Gasteiger charge is -2.05. The fourth-order valence-electron chi connectivity index (χ4n) is 1.00. The second-order valence-corrected chi connectivity index (χ2v) is 4.06. The van der Waals surface area contributed by atoms with E-state index in [0.29, 0.717) is 11.6 Å². The summed E-state index contributed by atoms with van der Waals surface area (Å²) in [5.74, 6) is 0. The molecule has 1 heterocycles. The van der Waals surface area contributed by atoms with Crippen LogP contribution in [-0.2, 0) is 17.9 Å². The molecule has 92 valence electrons. The molecule has 1 aromatic rings. The number of rotatable bonds is 6. The van der Waals surface area contributed by atoms with Gasteiger partial charge >= 0.3 is 6.18 Å². The van der Waals surface area contributed by atoms with Crippen LogP contribution in [0.15, 0.2) is 5.38 Å². The van der Waals surface area contributed by atoms with Gasteiger partial charge in [-0.05, 0) is 6.54 Å². The van der Waals surface area contributed by atoms with E-state index < -0.39 is 12.8 Å². The number of hydrogen-bond acceptors (Lipinski definition) is 4. The molecular formula is C9H13F3N2OS. The first-order valence-corrected chi connectivity index (χ1v) is 5.67. The zero-order valence-corrected chi connectivity index (χ0v) is 9.62. The minimum absolute atomic E-state index is 0.0870. The van der Waals surface area contributed by atoms with Gasteiger partial charge in [0, 0.05) is 11.9 Å². The van der Waals surface area contributed by atoms with Crippen LogP contribution in [0.2, 0.25) is 0 Å². The molecule has 0 unspecified atom stereocenters. The number of ether oxygens (including phenoxy) is 1. The molecule has 3 nitrogen and oxygen atoms in total. The number of halogens is 3. The van der Waals surface area contributed by atoms with Crippen molar-refractivity contribution < 1.29 is 17.9 Å². The average molecular weight is 254 g/mol. The van der Waals surface area contributed by atoms with Gasteiger partial charge in [-0.1, -0.05) is 6.92 Å².